The maximum atomic E-state index is 12.4. The molecule has 1 N–H and O–H groups in total. The summed E-state index contributed by atoms with van der Waals surface area (Å²) in [6.07, 6.45) is -2.95. The van der Waals surface area contributed by atoms with E-state index in [1.54, 1.807) is 6.07 Å². The fourth-order valence-electron chi connectivity index (χ4n) is 1.62. The molecule has 0 bridgehead atoms. The van der Waals surface area contributed by atoms with E-state index in [2.05, 4.69) is 4.98 Å². The summed E-state index contributed by atoms with van der Waals surface area (Å²) < 4.78 is 37.3. The van der Waals surface area contributed by atoms with Crippen molar-refractivity contribution < 1.29 is 18.3 Å². The number of alkyl halides is 3. The first-order valence-corrected chi connectivity index (χ1v) is 5.72. The van der Waals surface area contributed by atoms with Crippen molar-refractivity contribution in [2.24, 2.45) is 0 Å². The Hall–Kier alpha value is -1.59. The van der Waals surface area contributed by atoms with E-state index in [1.165, 1.54) is 18.3 Å². The highest BCUT2D eigenvalue weighted by molar-refractivity contribution is 6.32. The molecule has 0 unspecified atom stereocenters. The molecule has 1 aromatic carbocycles. The molecule has 0 atom stereocenters. The van der Waals surface area contributed by atoms with Crippen molar-refractivity contribution in [2.75, 3.05) is 0 Å². The van der Waals surface area contributed by atoms with E-state index in [0.717, 1.165) is 12.1 Å². The van der Waals surface area contributed by atoms with Crippen molar-refractivity contribution in [3.8, 4) is 11.1 Å². The number of aliphatic hydroxyl groups excluding tert-OH is 1. The van der Waals surface area contributed by atoms with Gasteiger partial charge in [0.1, 0.15) is 5.15 Å². The Labute approximate surface area is 112 Å². The second-order valence-corrected chi connectivity index (χ2v) is 4.27. The Bertz CT molecular complexity index is 581. The van der Waals surface area contributed by atoms with Crippen LogP contribution in [0.3, 0.4) is 0 Å². The second-order valence-electron chi connectivity index (χ2n) is 3.92. The fraction of sp³-hybridized carbons (Fsp3) is 0.154. The van der Waals surface area contributed by atoms with E-state index in [1.807, 2.05) is 0 Å². The molecule has 1 heterocycles. The van der Waals surface area contributed by atoms with Crippen LogP contribution in [0.25, 0.3) is 11.1 Å². The predicted octanol–water partition coefficient (Wildman–Crippen LogP) is 3.91. The number of halogens is 4. The van der Waals surface area contributed by atoms with Gasteiger partial charge in [-0.1, -0.05) is 23.7 Å². The molecule has 0 saturated carbocycles. The van der Waals surface area contributed by atoms with Crippen molar-refractivity contribution in [1.29, 1.82) is 0 Å². The summed E-state index contributed by atoms with van der Waals surface area (Å²) in [6, 6.07) is 6.21. The van der Waals surface area contributed by atoms with Crippen LogP contribution < -0.4 is 0 Å². The molecular weight excluding hydrogens is 279 g/mol. The number of rotatable bonds is 2. The molecule has 6 heteroatoms. The first-order chi connectivity index (χ1) is 8.91. The van der Waals surface area contributed by atoms with Crippen molar-refractivity contribution in [3.63, 3.8) is 0 Å². The summed E-state index contributed by atoms with van der Waals surface area (Å²) in [5.74, 6) is 0. The maximum absolute atomic E-state index is 12.4. The Morgan fingerprint density at radius 1 is 1.16 bits per heavy atom. The molecule has 2 rings (SSSR count). The summed E-state index contributed by atoms with van der Waals surface area (Å²) >= 11 is 5.90. The quantitative estimate of drug-likeness (QED) is 0.850. The number of aliphatic hydroxyl groups is 1. The van der Waals surface area contributed by atoms with Crippen LogP contribution in [0.4, 0.5) is 13.2 Å². The van der Waals surface area contributed by atoms with Crippen LogP contribution in [-0.4, -0.2) is 10.1 Å². The van der Waals surface area contributed by atoms with Crippen LogP contribution in [0.5, 0.6) is 0 Å². The highest BCUT2D eigenvalue weighted by Crippen LogP contribution is 2.32. The van der Waals surface area contributed by atoms with Gasteiger partial charge in [-0.25, -0.2) is 4.98 Å². The number of benzene rings is 1. The van der Waals surface area contributed by atoms with Gasteiger partial charge < -0.3 is 5.11 Å². The summed E-state index contributed by atoms with van der Waals surface area (Å²) in [7, 11) is 0. The van der Waals surface area contributed by atoms with Gasteiger partial charge in [0, 0.05) is 11.8 Å². The topological polar surface area (TPSA) is 33.1 Å². The normalized spacial score (nSPS) is 11.6. The first kappa shape index (κ1) is 13.8. The zero-order chi connectivity index (χ0) is 14.0. The maximum Gasteiger partial charge on any atom is 0.416 e. The lowest BCUT2D eigenvalue weighted by Crippen LogP contribution is -2.04. The van der Waals surface area contributed by atoms with Gasteiger partial charge in [-0.2, -0.15) is 13.2 Å². The van der Waals surface area contributed by atoms with Crippen molar-refractivity contribution >= 4 is 11.6 Å². The Kier molecular flexibility index (Phi) is 3.78. The summed E-state index contributed by atoms with van der Waals surface area (Å²) in [5.41, 5.74) is 0.820. The van der Waals surface area contributed by atoms with Gasteiger partial charge >= 0.3 is 6.18 Å². The Morgan fingerprint density at radius 3 is 2.32 bits per heavy atom. The molecule has 2 nitrogen and oxygen atoms in total. The summed E-state index contributed by atoms with van der Waals surface area (Å²) in [5, 5.41) is 9.20. The molecule has 0 amide bonds. The number of nitrogens with zero attached hydrogens (tertiary/aromatic N) is 1. The molecular formula is C13H9ClF3NO. The van der Waals surface area contributed by atoms with Gasteiger partial charge in [0.05, 0.1) is 12.2 Å². The molecule has 0 radical (unpaired) electrons. The molecule has 0 aliphatic carbocycles. The second kappa shape index (κ2) is 5.19. The SMILES string of the molecule is OCc1cnc(Cl)c(-c2ccc(C(F)(F)F)cc2)c1. The third-order valence-corrected chi connectivity index (χ3v) is 2.90. The minimum absolute atomic E-state index is 0.178. The predicted molar refractivity (Wildman–Crippen MR) is 65.6 cm³/mol. The van der Waals surface area contributed by atoms with E-state index in [0.29, 0.717) is 16.7 Å². The van der Waals surface area contributed by atoms with Gasteiger partial charge in [-0.3, -0.25) is 0 Å². The minimum atomic E-state index is -4.37. The molecule has 0 saturated heterocycles. The average molecular weight is 288 g/mol. The highest BCUT2D eigenvalue weighted by Gasteiger charge is 2.30. The van der Waals surface area contributed by atoms with E-state index >= 15 is 0 Å². The van der Waals surface area contributed by atoms with Crippen LogP contribution in [0.1, 0.15) is 11.1 Å². The van der Waals surface area contributed by atoms with E-state index in [-0.39, 0.29) is 11.8 Å². The average Bonchev–Trinajstić information content (AvgIpc) is 2.38. The van der Waals surface area contributed by atoms with Crippen LogP contribution >= 0.6 is 11.6 Å². The van der Waals surface area contributed by atoms with E-state index in [9.17, 15) is 13.2 Å². The number of pyridine rings is 1. The zero-order valence-electron chi connectivity index (χ0n) is 9.58. The third-order valence-electron chi connectivity index (χ3n) is 2.60. The smallest absolute Gasteiger partial charge is 0.392 e. The molecule has 19 heavy (non-hydrogen) atoms. The van der Waals surface area contributed by atoms with Gasteiger partial charge in [0.15, 0.2) is 0 Å². The van der Waals surface area contributed by atoms with Crippen molar-refractivity contribution in [1.82, 2.24) is 4.98 Å². The number of hydrogen-bond donors (Lipinski definition) is 1. The van der Waals surface area contributed by atoms with Crippen molar-refractivity contribution in [3.05, 3.63) is 52.8 Å². The highest BCUT2D eigenvalue weighted by atomic mass is 35.5. The monoisotopic (exact) mass is 287 g/mol. The number of aromatic nitrogens is 1. The van der Waals surface area contributed by atoms with E-state index < -0.39 is 11.7 Å². The van der Waals surface area contributed by atoms with Crippen LogP contribution in [0, 0.1) is 0 Å². The lowest BCUT2D eigenvalue weighted by atomic mass is 10.0. The standard InChI is InChI=1S/C13H9ClF3NO/c14-12-11(5-8(7-19)6-18-12)9-1-3-10(4-2-9)13(15,16)17/h1-6,19H,7H2. The van der Waals surface area contributed by atoms with Crippen LogP contribution in [0.2, 0.25) is 5.15 Å². The van der Waals surface area contributed by atoms with Gasteiger partial charge in [0.2, 0.25) is 0 Å². The molecule has 100 valence electrons. The molecule has 0 fully saturated rings. The number of hydrogen-bond acceptors (Lipinski definition) is 2. The summed E-state index contributed by atoms with van der Waals surface area (Å²) in [6.45, 7) is -0.211. The van der Waals surface area contributed by atoms with E-state index in [4.69, 9.17) is 16.7 Å². The lowest BCUT2D eigenvalue weighted by Gasteiger charge is -2.09. The lowest BCUT2D eigenvalue weighted by molar-refractivity contribution is -0.137. The fourth-order valence-corrected chi connectivity index (χ4v) is 1.83. The largest absolute Gasteiger partial charge is 0.416 e. The molecule has 0 aliphatic heterocycles. The van der Waals surface area contributed by atoms with Crippen LogP contribution in [-0.2, 0) is 12.8 Å². The molecule has 2 aromatic rings. The Morgan fingerprint density at radius 2 is 1.79 bits per heavy atom. The van der Waals surface area contributed by atoms with Crippen molar-refractivity contribution in [2.45, 2.75) is 12.8 Å². The summed E-state index contributed by atoms with van der Waals surface area (Å²) in [4.78, 5) is 3.88. The van der Waals surface area contributed by atoms with Gasteiger partial charge in [-0.15, -0.1) is 0 Å². The molecule has 0 aliphatic rings. The molecule has 0 spiro atoms. The minimum Gasteiger partial charge on any atom is -0.392 e. The Balaban J connectivity index is 2.42. The first-order valence-electron chi connectivity index (χ1n) is 5.34. The van der Waals surface area contributed by atoms with Crippen LogP contribution in [0.15, 0.2) is 36.5 Å². The zero-order valence-corrected chi connectivity index (χ0v) is 10.3. The molecule has 1 aromatic heterocycles. The third kappa shape index (κ3) is 3.05. The van der Waals surface area contributed by atoms with Gasteiger partial charge in [-0.05, 0) is 29.3 Å². The van der Waals surface area contributed by atoms with Gasteiger partial charge in [0.25, 0.3) is 0 Å².